The minimum atomic E-state index is -0.372. The molecule has 146 valence electrons. The number of rotatable bonds is 6. The molecule has 0 saturated carbocycles. The van der Waals surface area contributed by atoms with Gasteiger partial charge in [-0.3, -0.25) is 9.78 Å². The Morgan fingerprint density at radius 2 is 2.04 bits per heavy atom. The number of hydrogen-bond acceptors (Lipinski definition) is 3. The third kappa shape index (κ3) is 4.16. The normalized spacial score (nSPS) is 15.1. The van der Waals surface area contributed by atoms with Crippen molar-refractivity contribution in [3.63, 3.8) is 0 Å². The van der Waals surface area contributed by atoms with Gasteiger partial charge in [0.25, 0.3) is 0 Å². The molecule has 0 spiro atoms. The van der Waals surface area contributed by atoms with Crippen LogP contribution < -0.4 is 4.74 Å². The first-order valence-corrected chi connectivity index (χ1v) is 9.79. The zero-order valence-electron chi connectivity index (χ0n) is 15.7. The van der Waals surface area contributed by atoms with Crippen LogP contribution in [0.5, 0.6) is 5.75 Å². The summed E-state index contributed by atoms with van der Waals surface area (Å²) in [7, 11) is 0. The first kappa shape index (κ1) is 18.5. The Hall–Kier alpha value is -2.89. The van der Waals surface area contributed by atoms with Gasteiger partial charge in [-0.05, 0) is 49.6 Å². The second kappa shape index (κ2) is 8.42. The topological polar surface area (TPSA) is 58.2 Å². The Labute approximate surface area is 163 Å². The lowest BCUT2D eigenvalue weighted by molar-refractivity contribution is -0.132. The molecule has 0 aliphatic carbocycles. The number of carbonyl (C=O) groups excluding carboxylic acids is 1. The fourth-order valence-corrected chi connectivity index (χ4v) is 3.76. The van der Waals surface area contributed by atoms with Gasteiger partial charge >= 0.3 is 0 Å². The van der Waals surface area contributed by atoms with Crippen molar-refractivity contribution in [2.24, 2.45) is 0 Å². The molecule has 1 aromatic carbocycles. The van der Waals surface area contributed by atoms with Crippen LogP contribution in [0, 0.1) is 5.82 Å². The predicted octanol–water partition coefficient (Wildman–Crippen LogP) is 4.27. The van der Waals surface area contributed by atoms with Crippen molar-refractivity contribution >= 4 is 16.9 Å². The number of aromatic nitrogens is 2. The molecule has 0 radical (unpaired) electrons. The van der Waals surface area contributed by atoms with Crippen molar-refractivity contribution in [2.75, 3.05) is 19.7 Å². The number of H-pyrrole nitrogens is 1. The van der Waals surface area contributed by atoms with Gasteiger partial charge in [0, 0.05) is 37.3 Å². The number of amides is 1. The molecular formula is C22H24FN3O2. The highest BCUT2D eigenvalue weighted by atomic mass is 19.1. The van der Waals surface area contributed by atoms with Crippen molar-refractivity contribution in [3.05, 3.63) is 60.2 Å². The molecule has 1 amide bonds. The molecule has 0 bridgehead atoms. The van der Waals surface area contributed by atoms with Gasteiger partial charge in [0.1, 0.15) is 0 Å². The number of para-hydroxylation sites is 1. The molecule has 0 atom stereocenters. The highest BCUT2D eigenvalue weighted by Crippen LogP contribution is 2.29. The second-order valence-electron chi connectivity index (χ2n) is 7.20. The van der Waals surface area contributed by atoms with E-state index in [2.05, 4.69) is 16.0 Å². The van der Waals surface area contributed by atoms with E-state index in [1.807, 2.05) is 17.0 Å². The average Bonchev–Trinajstić information content (AvgIpc) is 3.17. The minimum absolute atomic E-state index is 0.147. The number of fused-ring (bicyclic) bond motifs is 1. The molecule has 4 rings (SSSR count). The molecule has 28 heavy (non-hydrogen) atoms. The standard InChI is InChI=1S/C22H24FN3O2/c23-17-5-1-2-7-21(17)28-14-4-8-22(27)26-12-9-16(10-13-26)19-15-20-18(25-19)6-3-11-24-20/h1-3,5-7,11,15-16,25H,4,8-10,12-14H2. The fraction of sp³-hybridized carbons (Fsp3) is 0.364. The van der Waals surface area contributed by atoms with Crippen LogP contribution in [0.3, 0.4) is 0 Å². The Bertz CT molecular complexity index is 915. The Morgan fingerprint density at radius 3 is 2.82 bits per heavy atom. The predicted molar refractivity (Wildman–Crippen MR) is 106 cm³/mol. The van der Waals surface area contributed by atoms with Gasteiger partial charge in [-0.2, -0.15) is 0 Å². The van der Waals surface area contributed by atoms with Crippen LogP contribution in [0.1, 0.15) is 37.3 Å². The number of piperidine rings is 1. The lowest BCUT2D eigenvalue weighted by Gasteiger charge is -2.31. The molecule has 1 saturated heterocycles. The number of hydrogen-bond donors (Lipinski definition) is 1. The van der Waals surface area contributed by atoms with Crippen LogP contribution in [0.15, 0.2) is 48.7 Å². The van der Waals surface area contributed by atoms with Gasteiger partial charge in [0.05, 0.1) is 17.6 Å². The quantitative estimate of drug-likeness (QED) is 0.649. The Balaban J connectivity index is 1.22. The van der Waals surface area contributed by atoms with Crippen LogP contribution >= 0.6 is 0 Å². The van der Waals surface area contributed by atoms with E-state index in [4.69, 9.17) is 4.74 Å². The summed E-state index contributed by atoms with van der Waals surface area (Å²) < 4.78 is 18.9. The van der Waals surface area contributed by atoms with Gasteiger partial charge in [0.15, 0.2) is 11.6 Å². The summed E-state index contributed by atoms with van der Waals surface area (Å²) in [6, 6.07) is 12.4. The van der Waals surface area contributed by atoms with E-state index in [1.54, 1.807) is 24.4 Å². The number of likely N-dealkylation sites (tertiary alicyclic amines) is 1. The smallest absolute Gasteiger partial charge is 0.222 e. The van der Waals surface area contributed by atoms with E-state index in [1.165, 1.54) is 11.8 Å². The van der Waals surface area contributed by atoms with Crippen LogP contribution in [-0.4, -0.2) is 40.5 Å². The van der Waals surface area contributed by atoms with Crippen molar-refractivity contribution < 1.29 is 13.9 Å². The molecule has 2 aromatic heterocycles. The van der Waals surface area contributed by atoms with E-state index in [0.29, 0.717) is 25.4 Å². The first-order valence-electron chi connectivity index (χ1n) is 9.79. The number of aromatic amines is 1. The SMILES string of the molecule is O=C(CCCOc1ccccc1F)N1CCC(c2cc3ncccc3[nH]2)CC1. The molecule has 3 aromatic rings. The number of ether oxygens (including phenoxy) is 1. The monoisotopic (exact) mass is 381 g/mol. The number of nitrogens with zero attached hydrogens (tertiary/aromatic N) is 2. The van der Waals surface area contributed by atoms with Crippen LogP contribution in [0.4, 0.5) is 4.39 Å². The summed E-state index contributed by atoms with van der Waals surface area (Å²) >= 11 is 0. The Kier molecular flexibility index (Phi) is 5.55. The fourth-order valence-electron chi connectivity index (χ4n) is 3.76. The third-order valence-corrected chi connectivity index (χ3v) is 5.33. The summed E-state index contributed by atoms with van der Waals surface area (Å²) in [6.07, 6.45) is 4.71. The first-order chi connectivity index (χ1) is 13.7. The maximum atomic E-state index is 13.5. The highest BCUT2D eigenvalue weighted by molar-refractivity contribution is 5.77. The lowest BCUT2D eigenvalue weighted by Crippen LogP contribution is -2.38. The maximum absolute atomic E-state index is 13.5. The van der Waals surface area contributed by atoms with Crippen molar-refractivity contribution in [2.45, 2.75) is 31.6 Å². The molecule has 1 fully saturated rings. The van der Waals surface area contributed by atoms with Crippen molar-refractivity contribution in [3.8, 4) is 5.75 Å². The van der Waals surface area contributed by atoms with Crippen molar-refractivity contribution in [1.82, 2.24) is 14.9 Å². The molecule has 1 aliphatic heterocycles. The summed E-state index contributed by atoms with van der Waals surface area (Å²) in [6.45, 7) is 1.87. The van der Waals surface area contributed by atoms with E-state index < -0.39 is 0 Å². The third-order valence-electron chi connectivity index (χ3n) is 5.33. The molecular weight excluding hydrogens is 357 g/mol. The summed E-state index contributed by atoms with van der Waals surface area (Å²) in [4.78, 5) is 22.2. The van der Waals surface area contributed by atoms with E-state index in [0.717, 1.165) is 37.0 Å². The van der Waals surface area contributed by atoms with Gasteiger partial charge < -0.3 is 14.6 Å². The summed E-state index contributed by atoms with van der Waals surface area (Å²) in [5.41, 5.74) is 3.26. The summed E-state index contributed by atoms with van der Waals surface area (Å²) in [5.74, 6) is 0.447. The van der Waals surface area contributed by atoms with Crippen LogP contribution in [0.25, 0.3) is 11.0 Å². The van der Waals surface area contributed by atoms with Gasteiger partial charge in [0.2, 0.25) is 5.91 Å². The number of carbonyl (C=O) groups is 1. The zero-order chi connectivity index (χ0) is 19.3. The van der Waals surface area contributed by atoms with Crippen LogP contribution in [-0.2, 0) is 4.79 Å². The highest BCUT2D eigenvalue weighted by Gasteiger charge is 2.24. The largest absolute Gasteiger partial charge is 0.491 e. The van der Waals surface area contributed by atoms with Gasteiger partial charge in [-0.25, -0.2) is 4.39 Å². The molecule has 0 unspecified atom stereocenters. The molecule has 6 heteroatoms. The van der Waals surface area contributed by atoms with E-state index in [9.17, 15) is 9.18 Å². The number of nitrogens with one attached hydrogen (secondary N) is 1. The average molecular weight is 381 g/mol. The zero-order valence-corrected chi connectivity index (χ0v) is 15.7. The van der Waals surface area contributed by atoms with E-state index in [-0.39, 0.29) is 17.5 Å². The second-order valence-corrected chi connectivity index (χ2v) is 7.20. The number of halogens is 1. The molecule has 1 N–H and O–H groups in total. The Morgan fingerprint density at radius 1 is 1.21 bits per heavy atom. The number of pyridine rings is 1. The van der Waals surface area contributed by atoms with Gasteiger partial charge in [-0.1, -0.05) is 12.1 Å². The lowest BCUT2D eigenvalue weighted by atomic mass is 9.93. The number of benzene rings is 1. The van der Waals surface area contributed by atoms with E-state index >= 15 is 0 Å². The van der Waals surface area contributed by atoms with Crippen molar-refractivity contribution in [1.29, 1.82) is 0 Å². The van der Waals surface area contributed by atoms with Crippen LogP contribution in [0.2, 0.25) is 0 Å². The van der Waals surface area contributed by atoms with Gasteiger partial charge in [-0.15, -0.1) is 0 Å². The molecule has 5 nitrogen and oxygen atoms in total. The molecule has 1 aliphatic rings. The molecule has 3 heterocycles. The summed E-state index contributed by atoms with van der Waals surface area (Å²) in [5, 5.41) is 0. The maximum Gasteiger partial charge on any atom is 0.222 e. The minimum Gasteiger partial charge on any atom is -0.491 e.